The fourth-order valence-electron chi connectivity index (χ4n) is 3.86. The Hall–Kier alpha value is -1.31. The topological polar surface area (TPSA) is 56.7 Å². The van der Waals surface area contributed by atoms with Gasteiger partial charge in [-0.05, 0) is 25.2 Å². The number of hydrogen-bond donors (Lipinski definition) is 0. The summed E-state index contributed by atoms with van der Waals surface area (Å²) in [6.45, 7) is 4.74. The molecule has 1 aromatic rings. The first-order valence-electron chi connectivity index (χ1n) is 8.78. The van der Waals surface area contributed by atoms with Crippen LogP contribution in [0.2, 0.25) is 0 Å². The van der Waals surface area contributed by atoms with Crippen LogP contribution in [0.25, 0.3) is 0 Å². The van der Waals surface area contributed by atoms with Gasteiger partial charge in [0.1, 0.15) is 0 Å². The Balaban J connectivity index is 1.28. The predicted molar refractivity (Wildman–Crippen MR) is 85.4 cm³/mol. The van der Waals surface area contributed by atoms with E-state index in [-0.39, 0.29) is 11.7 Å². The molecule has 0 N–H and O–H groups in total. The third-order valence-corrected chi connectivity index (χ3v) is 5.29. The SMILES string of the molecule is Fc1cnc(N2CC[C@@]3(C[C@H](OCC4CCOCC4)CO3)C2)nc1. The molecule has 6 nitrogen and oxygen atoms in total. The van der Waals surface area contributed by atoms with E-state index in [1.54, 1.807) is 0 Å². The van der Waals surface area contributed by atoms with Crippen molar-refractivity contribution in [2.24, 2.45) is 5.92 Å². The van der Waals surface area contributed by atoms with Crippen molar-refractivity contribution in [3.63, 3.8) is 0 Å². The molecular formula is C17H24FN3O3. The number of ether oxygens (including phenoxy) is 3. The van der Waals surface area contributed by atoms with E-state index in [0.717, 1.165) is 58.6 Å². The molecule has 0 unspecified atom stereocenters. The maximum atomic E-state index is 13.0. The summed E-state index contributed by atoms with van der Waals surface area (Å²) >= 11 is 0. The highest BCUT2D eigenvalue weighted by Crippen LogP contribution is 2.37. The van der Waals surface area contributed by atoms with Gasteiger partial charge in [-0.2, -0.15) is 0 Å². The third-order valence-electron chi connectivity index (χ3n) is 5.29. The molecule has 3 fully saturated rings. The molecule has 3 aliphatic rings. The van der Waals surface area contributed by atoms with Crippen LogP contribution in [0.15, 0.2) is 12.4 Å². The lowest BCUT2D eigenvalue weighted by molar-refractivity contribution is -0.0175. The Morgan fingerprint density at radius 1 is 1.29 bits per heavy atom. The lowest BCUT2D eigenvalue weighted by Crippen LogP contribution is -2.34. The number of nitrogens with zero attached hydrogens (tertiary/aromatic N) is 3. The van der Waals surface area contributed by atoms with Crippen molar-refractivity contribution in [1.29, 1.82) is 0 Å². The molecule has 3 aliphatic heterocycles. The Morgan fingerprint density at radius 2 is 2.08 bits per heavy atom. The fraction of sp³-hybridized carbons (Fsp3) is 0.765. The van der Waals surface area contributed by atoms with Crippen LogP contribution in [-0.2, 0) is 14.2 Å². The van der Waals surface area contributed by atoms with Crippen LogP contribution in [0.3, 0.4) is 0 Å². The van der Waals surface area contributed by atoms with Crippen LogP contribution >= 0.6 is 0 Å². The molecule has 3 saturated heterocycles. The maximum Gasteiger partial charge on any atom is 0.225 e. The highest BCUT2D eigenvalue weighted by Gasteiger charge is 2.46. The van der Waals surface area contributed by atoms with Crippen molar-refractivity contribution in [3.05, 3.63) is 18.2 Å². The van der Waals surface area contributed by atoms with Crippen LogP contribution in [0.4, 0.5) is 10.3 Å². The van der Waals surface area contributed by atoms with Crippen molar-refractivity contribution in [2.45, 2.75) is 37.4 Å². The molecular weight excluding hydrogens is 313 g/mol. The summed E-state index contributed by atoms with van der Waals surface area (Å²) in [6, 6.07) is 0. The number of anilines is 1. The summed E-state index contributed by atoms with van der Waals surface area (Å²) in [5.74, 6) is 0.776. The first-order chi connectivity index (χ1) is 11.7. The standard InChI is InChI=1S/C17H24FN3O3/c18-14-8-19-16(20-9-14)21-4-3-17(12-21)7-15(11-24-17)23-10-13-1-5-22-6-2-13/h8-9,13,15H,1-7,10-12H2/t15-,17+/m0/s1. The molecule has 7 heteroatoms. The smallest absolute Gasteiger partial charge is 0.225 e. The molecule has 4 rings (SSSR count). The molecule has 132 valence electrons. The third kappa shape index (κ3) is 3.53. The quantitative estimate of drug-likeness (QED) is 0.835. The number of halogens is 1. The average Bonchev–Trinajstić information content (AvgIpc) is 3.22. The first-order valence-corrected chi connectivity index (χ1v) is 8.78. The van der Waals surface area contributed by atoms with E-state index in [4.69, 9.17) is 14.2 Å². The van der Waals surface area contributed by atoms with Crippen molar-refractivity contribution in [2.75, 3.05) is 44.4 Å². The highest BCUT2D eigenvalue weighted by atomic mass is 19.1. The second kappa shape index (κ2) is 6.90. The summed E-state index contributed by atoms with van der Waals surface area (Å²) in [7, 11) is 0. The van der Waals surface area contributed by atoms with E-state index in [1.807, 2.05) is 0 Å². The van der Waals surface area contributed by atoms with Gasteiger partial charge in [0, 0.05) is 26.2 Å². The molecule has 0 amide bonds. The van der Waals surface area contributed by atoms with Crippen LogP contribution < -0.4 is 4.90 Å². The minimum Gasteiger partial charge on any atom is -0.381 e. The van der Waals surface area contributed by atoms with E-state index in [9.17, 15) is 4.39 Å². The Bertz CT molecular complexity index is 553. The molecule has 0 radical (unpaired) electrons. The lowest BCUT2D eigenvalue weighted by Gasteiger charge is -2.24. The van der Waals surface area contributed by atoms with Gasteiger partial charge in [-0.3, -0.25) is 0 Å². The summed E-state index contributed by atoms with van der Waals surface area (Å²) < 4.78 is 30.6. The molecule has 1 aromatic heterocycles. The minimum absolute atomic E-state index is 0.168. The van der Waals surface area contributed by atoms with Gasteiger partial charge in [0.25, 0.3) is 0 Å². The monoisotopic (exact) mass is 337 g/mol. The van der Waals surface area contributed by atoms with Gasteiger partial charge < -0.3 is 19.1 Å². The van der Waals surface area contributed by atoms with Gasteiger partial charge in [-0.1, -0.05) is 0 Å². The Morgan fingerprint density at radius 3 is 2.88 bits per heavy atom. The number of rotatable bonds is 4. The van der Waals surface area contributed by atoms with E-state index >= 15 is 0 Å². The van der Waals surface area contributed by atoms with Crippen molar-refractivity contribution in [3.8, 4) is 0 Å². The number of hydrogen-bond acceptors (Lipinski definition) is 6. The van der Waals surface area contributed by atoms with Crippen LogP contribution in [0, 0.1) is 11.7 Å². The summed E-state index contributed by atoms with van der Waals surface area (Å²) in [6.07, 6.45) is 6.62. The molecule has 4 heterocycles. The fourth-order valence-corrected chi connectivity index (χ4v) is 3.86. The zero-order chi connectivity index (χ0) is 16.4. The molecule has 0 aromatic carbocycles. The summed E-state index contributed by atoms with van der Waals surface area (Å²) in [4.78, 5) is 10.2. The maximum absolute atomic E-state index is 13.0. The van der Waals surface area contributed by atoms with Crippen molar-refractivity contribution in [1.82, 2.24) is 9.97 Å². The normalized spacial score (nSPS) is 31.2. The number of aromatic nitrogens is 2. The minimum atomic E-state index is -0.411. The van der Waals surface area contributed by atoms with Gasteiger partial charge in [-0.15, -0.1) is 0 Å². The molecule has 0 saturated carbocycles. The Labute approximate surface area is 141 Å². The van der Waals surface area contributed by atoms with Crippen molar-refractivity contribution < 1.29 is 18.6 Å². The molecule has 24 heavy (non-hydrogen) atoms. The zero-order valence-electron chi connectivity index (χ0n) is 13.8. The van der Waals surface area contributed by atoms with Gasteiger partial charge in [0.15, 0.2) is 5.82 Å². The Kier molecular flexibility index (Phi) is 4.65. The van der Waals surface area contributed by atoms with Crippen LogP contribution in [-0.4, -0.2) is 61.2 Å². The van der Waals surface area contributed by atoms with Gasteiger partial charge in [-0.25, -0.2) is 14.4 Å². The largest absolute Gasteiger partial charge is 0.381 e. The van der Waals surface area contributed by atoms with E-state index < -0.39 is 5.82 Å². The lowest BCUT2D eigenvalue weighted by atomic mass is 9.98. The first kappa shape index (κ1) is 16.2. The molecule has 0 bridgehead atoms. The highest BCUT2D eigenvalue weighted by molar-refractivity contribution is 5.33. The summed E-state index contributed by atoms with van der Waals surface area (Å²) in [5, 5.41) is 0. The van der Waals surface area contributed by atoms with Crippen LogP contribution in [0.5, 0.6) is 0 Å². The average molecular weight is 337 g/mol. The second-order valence-corrected chi connectivity index (χ2v) is 7.08. The van der Waals surface area contributed by atoms with E-state index in [2.05, 4.69) is 14.9 Å². The van der Waals surface area contributed by atoms with Gasteiger partial charge >= 0.3 is 0 Å². The molecule has 1 spiro atoms. The summed E-state index contributed by atoms with van der Waals surface area (Å²) in [5.41, 5.74) is -0.169. The van der Waals surface area contributed by atoms with Gasteiger partial charge in [0.05, 0.1) is 43.9 Å². The molecule has 2 atom stereocenters. The molecule has 0 aliphatic carbocycles. The van der Waals surface area contributed by atoms with E-state index in [0.29, 0.717) is 18.5 Å². The van der Waals surface area contributed by atoms with Gasteiger partial charge in [0.2, 0.25) is 5.95 Å². The predicted octanol–water partition coefficient (Wildman–Crippen LogP) is 1.80. The van der Waals surface area contributed by atoms with Crippen molar-refractivity contribution >= 4 is 5.95 Å². The van der Waals surface area contributed by atoms with Crippen LogP contribution in [0.1, 0.15) is 25.7 Å². The second-order valence-electron chi connectivity index (χ2n) is 7.08. The van der Waals surface area contributed by atoms with E-state index in [1.165, 1.54) is 12.4 Å². The zero-order valence-corrected chi connectivity index (χ0v) is 13.8.